The minimum atomic E-state index is -1.51. The molecule has 1 fully saturated rings. The van der Waals surface area contributed by atoms with Crippen LogP contribution in [0.15, 0.2) is 36.4 Å². The molecule has 0 aromatic heterocycles. The lowest BCUT2D eigenvalue weighted by molar-refractivity contribution is -0.0882. The summed E-state index contributed by atoms with van der Waals surface area (Å²) in [7, 11) is 2.91. The van der Waals surface area contributed by atoms with Crippen LogP contribution in [0, 0.1) is 5.92 Å². The van der Waals surface area contributed by atoms with Gasteiger partial charge >= 0.3 is 0 Å². The van der Waals surface area contributed by atoms with E-state index in [4.69, 9.17) is 14.2 Å². The summed E-state index contributed by atoms with van der Waals surface area (Å²) in [5.74, 6) is 0.262. The van der Waals surface area contributed by atoms with Gasteiger partial charge in [0, 0.05) is 5.92 Å². The first kappa shape index (κ1) is 19.3. The summed E-state index contributed by atoms with van der Waals surface area (Å²) in [4.78, 5) is 0. The summed E-state index contributed by atoms with van der Waals surface area (Å²) in [5, 5.41) is 40.7. The lowest BCUT2D eigenvalue weighted by Gasteiger charge is -2.32. The van der Waals surface area contributed by atoms with Crippen LogP contribution in [0.3, 0.4) is 0 Å². The van der Waals surface area contributed by atoms with Crippen molar-refractivity contribution in [3.8, 4) is 23.0 Å². The Labute approximate surface area is 157 Å². The number of rotatable bonds is 6. The molecule has 0 radical (unpaired) electrons. The van der Waals surface area contributed by atoms with E-state index in [-0.39, 0.29) is 29.8 Å². The summed E-state index contributed by atoms with van der Waals surface area (Å²) in [6.45, 7) is -0.241. The van der Waals surface area contributed by atoms with E-state index in [1.807, 2.05) is 0 Å². The number of benzene rings is 2. The topological polar surface area (TPSA) is 109 Å². The normalized spacial score (nSPS) is 24.7. The summed E-state index contributed by atoms with van der Waals surface area (Å²) in [6.07, 6.45) is -0.333. The number of hydrogen-bond donors (Lipinski definition) is 4. The Hall–Kier alpha value is -2.48. The van der Waals surface area contributed by atoms with Gasteiger partial charge in [-0.3, -0.25) is 0 Å². The van der Waals surface area contributed by atoms with Crippen LogP contribution in [-0.4, -0.2) is 53.5 Å². The number of aliphatic hydroxyl groups is 2. The van der Waals surface area contributed by atoms with Gasteiger partial charge in [-0.15, -0.1) is 0 Å². The van der Waals surface area contributed by atoms with Crippen LogP contribution < -0.4 is 9.47 Å². The standard InChI is InChI=1S/C20H24O7/c1-25-17-8-12(3-5-15(17)22)7-14-10-27-19(20(14,24)11-21)13-4-6-16(23)18(9-13)26-2/h3-6,8-9,14,19,21-24H,7,10-11H2,1-2H3. The highest BCUT2D eigenvalue weighted by Gasteiger charge is 2.50. The van der Waals surface area contributed by atoms with Crippen LogP contribution in [0.5, 0.6) is 23.0 Å². The predicted molar refractivity (Wildman–Crippen MR) is 97.2 cm³/mol. The highest BCUT2D eigenvalue weighted by atomic mass is 16.5. The smallest absolute Gasteiger partial charge is 0.160 e. The molecule has 2 aromatic rings. The minimum Gasteiger partial charge on any atom is -0.504 e. The van der Waals surface area contributed by atoms with E-state index in [1.54, 1.807) is 24.3 Å². The maximum atomic E-state index is 11.2. The van der Waals surface area contributed by atoms with E-state index < -0.39 is 18.3 Å². The molecule has 7 heteroatoms. The van der Waals surface area contributed by atoms with Crippen molar-refractivity contribution in [3.63, 3.8) is 0 Å². The van der Waals surface area contributed by atoms with Crippen LogP contribution >= 0.6 is 0 Å². The molecule has 0 aliphatic carbocycles. The molecule has 27 heavy (non-hydrogen) atoms. The van der Waals surface area contributed by atoms with E-state index in [1.165, 1.54) is 26.4 Å². The van der Waals surface area contributed by atoms with Crippen molar-refractivity contribution < 1.29 is 34.6 Å². The fourth-order valence-electron chi connectivity index (χ4n) is 3.54. The molecule has 0 bridgehead atoms. The maximum Gasteiger partial charge on any atom is 0.160 e. The summed E-state index contributed by atoms with van der Waals surface area (Å²) in [5.41, 5.74) is -0.0614. The summed E-state index contributed by atoms with van der Waals surface area (Å²) in [6, 6.07) is 9.66. The fourth-order valence-corrected chi connectivity index (χ4v) is 3.54. The lowest BCUT2D eigenvalue weighted by Crippen LogP contribution is -2.43. The molecule has 146 valence electrons. The summed E-state index contributed by atoms with van der Waals surface area (Å²) >= 11 is 0. The summed E-state index contributed by atoms with van der Waals surface area (Å²) < 4.78 is 16.1. The van der Waals surface area contributed by atoms with Gasteiger partial charge in [0.1, 0.15) is 11.7 Å². The highest BCUT2D eigenvalue weighted by molar-refractivity contribution is 5.44. The number of ether oxygens (including phenoxy) is 3. The van der Waals surface area contributed by atoms with Crippen molar-refractivity contribution in [3.05, 3.63) is 47.5 Å². The number of phenols is 2. The van der Waals surface area contributed by atoms with Crippen molar-refractivity contribution in [2.75, 3.05) is 27.4 Å². The Balaban J connectivity index is 1.87. The Morgan fingerprint density at radius 1 is 1.04 bits per heavy atom. The number of aliphatic hydroxyl groups excluding tert-OH is 1. The van der Waals surface area contributed by atoms with Crippen molar-refractivity contribution in [1.29, 1.82) is 0 Å². The van der Waals surface area contributed by atoms with Crippen LogP contribution in [0.2, 0.25) is 0 Å². The van der Waals surface area contributed by atoms with E-state index in [9.17, 15) is 20.4 Å². The van der Waals surface area contributed by atoms with E-state index in [2.05, 4.69) is 0 Å². The Kier molecular flexibility index (Phi) is 5.46. The minimum absolute atomic E-state index is 0.0143. The number of methoxy groups -OCH3 is 2. The van der Waals surface area contributed by atoms with Gasteiger partial charge in [-0.1, -0.05) is 12.1 Å². The van der Waals surface area contributed by atoms with Crippen molar-refractivity contribution in [1.82, 2.24) is 0 Å². The molecule has 0 amide bonds. The monoisotopic (exact) mass is 376 g/mol. The molecular formula is C20H24O7. The quantitative estimate of drug-likeness (QED) is 0.608. The maximum absolute atomic E-state index is 11.2. The molecule has 3 unspecified atom stereocenters. The number of hydrogen-bond acceptors (Lipinski definition) is 7. The zero-order valence-corrected chi connectivity index (χ0v) is 15.3. The van der Waals surface area contributed by atoms with Gasteiger partial charge in [0.15, 0.2) is 23.0 Å². The van der Waals surface area contributed by atoms with E-state index in [0.717, 1.165) is 5.56 Å². The Bertz CT molecular complexity index is 807. The fraction of sp³-hybridized carbons (Fsp3) is 0.400. The van der Waals surface area contributed by atoms with Crippen LogP contribution in [-0.2, 0) is 11.2 Å². The highest BCUT2D eigenvalue weighted by Crippen LogP contribution is 2.45. The molecule has 1 aliphatic heterocycles. The Morgan fingerprint density at radius 3 is 2.30 bits per heavy atom. The van der Waals surface area contributed by atoms with Crippen LogP contribution in [0.4, 0.5) is 0 Å². The molecule has 1 heterocycles. The molecule has 4 N–H and O–H groups in total. The van der Waals surface area contributed by atoms with Crippen molar-refractivity contribution >= 4 is 0 Å². The van der Waals surface area contributed by atoms with Crippen LogP contribution in [0.25, 0.3) is 0 Å². The largest absolute Gasteiger partial charge is 0.504 e. The third-order valence-corrected chi connectivity index (χ3v) is 5.11. The molecule has 1 aliphatic rings. The van der Waals surface area contributed by atoms with Crippen molar-refractivity contribution in [2.24, 2.45) is 5.92 Å². The zero-order valence-electron chi connectivity index (χ0n) is 15.3. The lowest BCUT2D eigenvalue weighted by atomic mass is 9.80. The SMILES string of the molecule is COc1cc(CC2COC(c3ccc(O)c(OC)c3)C2(O)CO)ccc1O. The second-order valence-electron chi connectivity index (χ2n) is 6.70. The number of aromatic hydroxyl groups is 2. The van der Waals surface area contributed by atoms with Crippen LogP contribution in [0.1, 0.15) is 17.2 Å². The van der Waals surface area contributed by atoms with Gasteiger partial charge in [0.05, 0.1) is 27.4 Å². The van der Waals surface area contributed by atoms with Gasteiger partial charge < -0.3 is 34.6 Å². The second-order valence-corrected chi connectivity index (χ2v) is 6.70. The molecule has 7 nitrogen and oxygen atoms in total. The van der Waals surface area contributed by atoms with Gasteiger partial charge in [-0.05, 0) is 41.8 Å². The average Bonchev–Trinajstić information content (AvgIpc) is 3.00. The first-order chi connectivity index (χ1) is 12.9. The van der Waals surface area contributed by atoms with Gasteiger partial charge in [0.2, 0.25) is 0 Å². The molecule has 2 aromatic carbocycles. The first-order valence-electron chi connectivity index (χ1n) is 8.60. The molecule has 3 rings (SSSR count). The van der Waals surface area contributed by atoms with E-state index >= 15 is 0 Å². The van der Waals surface area contributed by atoms with Crippen molar-refractivity contribution in [2.45, 2.75) is 18.1 Å². The number of phenolic OH excluding ortho intramolecular Hbond substituents is 2. The van der Waals surface area contributed by atoms with Gasteiger partial charge in [0.25, 0.3) is 0 Å². The van der Waals surface area contributed by atoms with E-state index in [0.29, 0.717) is 17.7 Å². The Morgan fingerprint density at radius 2 is 1.67 bits per heavy atom. The third-order valence-electron chi connectivity index (χ3n) is 5.11. The molecule has 1 saturated heterocycles. The first-order valence-corrected chi connectivity index (χ1v) is 8.60. The molecule has 0 saturated carbocycles. The zero-order chi connectivity index (χ0) is 19.6. The molecular weight excluding hydrogens is 352 g/mol. The molecule has 0 spiro atoms. The van der Waals surface area contributed by atoms with Gasteiger partial charge in [-0.25, -0.2) is 0 Å². The second kappa shape index (κ2) is 7.64. The molecule has 3 atom stereocenters. The van der Waals surface area contributed by atoms with Gasteiger partial charge in [-0.2, -0.15) is 0 Å². The average molecular weight is 376 g/mol. The predicted octanol–water partition coefficient (Wildman–Crippen LogP) is 1.77. The third kappa shape index (κ3) is 3.53.